The van der Waals surface area contributed by atoms with Crippen LogP contribution in [0.15, 0.2) is 6.20 Å². The third-order valence-electron chi connectivity index (χ3n) is 2.36. The molecule has 2 heterocycles. The Morgan fingerprint density at radius 3 is 2.79 bits per heavy atom. The average Bonchev–Trinajstić information content (AvgIpc) is 2.61. The topological polar surface area (TPSA) is 70.4 Å². The summed E-state index contributed by atoms with van der Waals surface area (Å²) in [5.74, 6) is 0. The molecule has 2 rings (SSSR count). The van der Waals surface area contributed by atoms with Crippen molar-refractivity contribution in [3.05, 3.63) is 16.7 Å². The molecule has 0 bridgehead atoms. The maximum atomic E-state index is 9.57. The minimum absolute atomic E-state index is 0.154. The molecule has 0 radical (unpaired) electrons. The van der Waals surface area contributed by atoms with Gasteiger partial charge in [0.05, 0.1) is 12.3 Å². The quantitative estimate of drug-likeness (QED) is 0.572. The molecule has 78 valence electrons. The van der Waals surface area contributed by atoms with Crippen LogP contribution in [0.25, 0.3) is 0 Å². The van der Waals surface area contributed by atoms with Crippen LogP contribution in [0, 0.1) is 4.77 Å². The normalized spacial score (nSPS) is 32.4. The predicted octanol–water partition coefficient (Wildman–Crippen LogP) is -0.124. The fourth-order valence-electron chi connectivity index (χ4n) is 1.53. The predicted molar refractivity (Wildman–Crippen MR) is 51.3 cm³/mol. The van der Waals surface area contributed by atoms with Gasteiger partial charge in [-0.2, -0.15) is 0 Å². The number of aliphatic hydroxyl groups excluding tert-OH is 2. The Labute approximate surface area is 85.9 Å². The highest BCUT2D eigenvalue weighted by Crippen LogP contribution is 2.28. The van der Waals surface area contributed by atoms with Crippen molar-refractivity contribution in [1.29, 1.82) is 0 Å². The number of aliphatic hydroxyl groups is 2. The van der Waals surface area contributed by atoms with Gasteiger partial charge >= 0.3 is 0 Å². The van der Waals surface area contributed by atoms with Crippen LogP contribution in [0.5, 0.6) is 0 Å². The first-order valence-electron chi connectivity index (χ1n) is 4.33. The van der Waals surface area contributed by atoms with Crippen molar-refractivity contribution in [2.24, 2.45) is 7.05 Å². The van der Waals surface area contributed by atoms with E-state index in [0.29, 0.717) is 10.5 Å². The number of imidazole rings is 1. The van der Waals surface area contributed by atoms with Crippen molar-refractivity contribution in [3.8, 4) is 0 Å². The summed E-state index contributed by atoms with van der Waals surface area (Å²) in [6, 6.07) is 0. The van der Waals surface area contributed by atoms with Gasteiger partial charge in [-0.3, -0.25) is 0 Å². The second-order valence-corrected chi connectivity index (χ2v) is 3.82. The minimum Gasteiger partial charge on any atom is -0.388 e. The summed E-state index contributed by atoms with van der Waals surface area (Å²) in [5, 5.41) is 18.9. The van der Waals surface area contributed by atoms with Crippen LogP contribution in [-0.2, 0) is 11.8 Å². The van der Waals surface area contributed by atoms with E-state index in [-0.39, 0.29) is 6.61 Å². The molecular weight excluding hydrogens is 204 g/mol. The van der Waals surface area contributed by atoms with Crippen LogP contribution in [-0.4, -0.2) is 38.6 Å². The lowest BCUT2D eigenvalue weighted by molar-refractivity contribution is 0.0206. The van der Waals surface area contributed by atoms with Gasteiger partial charge in [0.2, 0.25) is 0 Å². The summed E-state index contributed by atoms with van der Waals surface area (Å²) < 4.78 is 7.54. The Morgan fingerprint density at radius 1 is 1.64 bits per heavy atom. The number of aryl methyl sites for hydroxylation is 1. The maximum absolute atomic E-state index is 9.57. The average molecular weight is 216 g/mol. The molecule has 6 heteroatoms. The van der Waals surface area contributed by atoms with E-state index in [2.05, 4.69) is 4.98 Å². The monoisotopic (exact) mass is 216 g/mol. The summed E-state index contributed by atoms with van der Waals surface area (Å²) in [6.07, 6.45) is -0.452. The van der Waals surface area contributed by atoms with Crippen molar-refractivity contribution in [3.63, 3.8) is 0 Å². The van der Waals surface area contributed by atoms with Gasteiger partial charge in [-0.05, 0) is 12.2 Å². The van der Waals surface area contributed by atoms with Gasteiger partial charge in [-0.15, -0.1) is 0 Å². The number of ether oxygens (including phenoxy) is 1. The van der Waals surface area contributed by atoms with Crippen LogP contribution in [0.4, 0.5) is 0 Å². The van der Waals surface area contributed by atoms with Crippen LogP contribution < -0.4 is 0 Å². The molecule has 1 fully saturated rings. The number of aromatic amines is 1. The van der Waals surface area contributed by atoms with Crippen molar-refractivity contribution in [2.45, 2.75) is 18.3 Å². The van der Waals surface area contributed by atoms with E-state index in [4.69, 9.17) is 17.0 Å². The summed E-state index contributed by atoms with van der Waals surface area (Å²) in [4.78, 5) is 2.92. The van der Waals surface area contributed by atoms with Gasteiger partial charge < -0.3 is 24.5 Å². The molecule has 0 spiro atoms. The molecule has 1 aromatic rings. The van der Waals surface area contributed by atoms with Crippen LogP contribution in [0.1, 0.15) is 11.8 Å². The molecule has 1 aromatic heterocycles. The van der Waals surface area contributed by atoms with Gasteiger partial charge in [0.25, 0.3) is 0 Å². The Balaban J connectivity index is 2.28. The standard InChI is InChI=1S/C8H12N2O3S/c1-10-2-4(9-8(10)14)7-6(12)5(11)3-13-7/h2,5-7,11-12H,3H2,1H3,(H,9,14). The van der Waals surface area contributed by atoms with Crippen molar-refractivity contribution >= 4 is 12.2 Å². The SMILES string of the molecule is Cn1cc(C2OCC(O)C2O)[nH]c1=S. The smallest absolute Gasteiger partial charge is 0.177 e. The lowest BCUT2D eigenvalue weighted by Gasteiger charge is -2.12. The number of aromatic nitrogens is 2. The molecule has 0 aromatic carbocycles. The van der Waals surface area contributed by atoms with E-state index >= 15 is 0 Å². The molecule has 1 saturated heterocycles. The molecule has 3 atom stereocenters. The Morgan fingerprint density at radius 2 is 2.36 bits per heavy atom. The van der Waals surface area contributed by atoms with Gasteiger partial charge in [0.1, 0.15) is 18.3 Å². The Kier molecular flexibility index (Phi) is 2.44. The van der Waals surface area contributed by atoms with Crippen molar-refractivity contribution < 1.29 is 14.9 Å². The zero-order valence-corrected chi connectivity index (χ0v) is 8.49. The van der Waals surface area contributed by atoms with E-state index in [1.165, 1.54) is 0 Å². The van der Waals surface area contributed by atoms with E-state index in [0.717, 1.165) is 0 Å². The molecule has 14 heavy (non-hydrogen) atoms. The summed E-state index contributed by atoms with van der Waals surface area (Å²) in [5.41, 5.74) is 0.696. The second-order valence-electron chi connectivity index (χ2n) is 3.44. The summed E-state index contributed by atoms with van der Waals surface area (Å²) in [6.45, 7) is 0.154. The van der Waals surface area contributed by atoms with Gasteiger partial charge in [0.15, 0.2) is 4.77 Å². The molecule has 3 unspecified atom stereocenters. The molecule has 3 N–H and O–H groups in total. The molecule has 0 amide bonds. The molecule has 5 nitrogen and oxygen atoms in total. The number of rotatable bonds is 1. The Hall–Kier alpha value is -0.690. The zero-order valence-electron chi connectivity index (χ0n) is 7.67. The van der Waals surface area contributed by atoms with E-state index < -0.39 is 18.3 Å². The van der Waals surface area contributed by atoms with E-state index in [1.807, 2.05) is 0 Å². The van der Waals surface area contributed by atoms with Gasteiger partial charge in [-0.1, -0.05) is 0 Å². The summed E-state index contributed by atoms with van der Waals surface area (Å²) in [7, 11) is 1.81. The molecule has 0 aliphatic carbocycles. The van der Waals surface area contributed by atoms with Gasteiger partial charge in [-0.25, -0.2) is 0 Å². The first-order valence-corrected chi connectivity index (χ1v) is 4.73. The second kappa shape index (κ2) is 3.47. The highest BCUT2D eigenvalue weighted by atomic mass is 32.1. The highest BCUT2D eigenvalue weighted by molar-refractivity contribution is 7.71. The van der Waals surface area contributed by atoms with Crippen LogP contribution >= 0.6 is 12.2 Å². The van der Waals surface area contributed by atoms with E-state index in [9.17, 15) is 10.2 Å². The lowest BCUT2D eigenvalue weighted by Crippen LogP contribution is -2.25. The third kappa shape index (κ3) is 1.50. The van der Waals surface area contributed by atoms with Crippen molar-refractivity contribution in [1.82, 2.24) is 9.55 Å². The third-order valence-corrected chi connectivity index (χ3v) is 2.75. The van der Waals surface area contributed by atoms with E-state index in [1.54, 1.807) is 17.8 Å². The minimum atomic E-state index is -0.886. The number of nitrogens with one attached hydrogen (secondary N) is 1. The number of hydrogen-bond acceptors (Lipinski definition) is 4. The summed E-state index contributed by atoms with van der Waals surface area (Å²) >= 11 is 4.99. The Bertz CT molecular complexity index is 386. The maximum Gasteiger partial charge on any atom is 0.177 e. The zero-order chi connectivity index (χ0) is 10.3. The molecular formula is C8H12N2O3S. The van der Waals surface area contributed by atoms with Crippen LogP contribution in [0.2, 0.25) is 0 Å². The lowest BCUT2D eigenvalue weighted by atomic mass is 10.1. The largest absolute Gasteiger partial charge is 0.388 e. The first kappa shape index (κ1) is 9.85. The first-order chi connectivity index (χ1) is 6.59. The number of hydrogen-bond donors (Lipinski definition) is 3. The van der Waals surface area contributed by atoms with Gasteiger partial charge in [0, 0.05) is 13.2 Å². The molecule has 1 aliphatic rings. The fraction of sp³-hybridized carbons (Fsp3) is 0.625. The number of H-pyrrole nitrogens is 1. The molecule has 0 saturated carbocycles. The van der Waals surface area contributed by atoms with Crippen LogP contribution in [0.3, 0.4) is 0 Å². The number of nitrogens with zero attached hydrogens (tertiary/aromatic N) is 1. The van der Waals surface area contributed by atoms with Crippen molar-refractivity contribution in [2.75, 3.05) is 6.61 Å². The molecule has 1 aliphatic heterocycles. The fourth-order valence-corrected chi connectivity index (χ4v) is 1.70. The highest BCUT2D eigenvalue weighted by Gasteiger charge is 2.36.